The van der Waals surface area contributed by atoms with Crippen LogP contribution in [0.15, 0.2) is 71.8 Å². The fraction of sp³-hybridized carbons (Fsp3) is 0.174. The molecule has 5 nitrogen and oxygen atoms in total. The first-order chi connectivity index (χ1) is 14.1. The summed E-state index contributed by atoms with van der Waals surface area (Å²) < 4.78 is 7.01. The largest absolute Gasteiger partial charge is 0.461 e. The zero-order chi connectivity index (χ0) is 20.2. The standard InChI is InChI=1S/C23H20N2O3S/c1-16-19-21(24-15-25(22(19)26)14-18-10-6-3-7-11-18)29-20(16)23(27)28-13-12-17-8-4-2-5-9-17/h2-11,15H,12-14H2,1H3. The van der Waals surface area contributed by atoms with Crippen LogP contribution in [0.2, 0.25) is 0 Å². The number of esters is 1. The molecule has 0 radical (unpaired) electrons. The summed E-state index contributed by atoms with van der Waals surface area (Å²) in [5, 5.41) is 0.489. The van der Waals surface area contributed by atoms with E-state index in [1.165, 1.54) is 17.7 Å². The first kappa shape index (κ1) is 19.1. The van der Waals surface area contributed by atoms with E-state index in [-0.39, 0.29) is 5.56 Å². The van der Waals surface area contributed by atoms with Gasteiger partial charge in [0, 0.05) is 6.42 Å². The molecule has 0 saturated heterocycles. The molecule has 0 amide bonds. The van der Waals surface area contributed by atoms with Gasteiger partial charge < -0.3 is 4.74 Å². The maximum atomic E-state index is 13.0. The Balaban J connectivity index is 1.54. The second kappa shape index (κ2) is 8.41. The predicted octanol–water partition coefficient (Wildman–Crippen LogP) is 4.21. The number of ether oxygens (including phenoxy) is 1. The second-order valence-electron chi connectivity index (χ2n) is 6.77. The number of carbonyl (C=O) groups excluding carboxylic acids is 1. The van der Waals surface area contributed by atoms with Crippen LogP contribution in [0.5, 0.6) is 0 Å². The summed E-state index contributed by atoms with van der Waals surface area (Å²) in [6, 6.07) is 19.6. The summed E-state index contributed by atoms with van der Waals surface area (Å²) in [4.78, 5) is 30.9. The molecule has 0 saturated carbocycles. The monoisotopic (exact) mass is 404 g/mol. The fourth-order valence-electron chi connectivity index (χ4n) is 3.22. The average Bonchev–Trinajstić information content (AvgIpc) is 3.09. The third-order valence-corrected chi connectivity index (χ3v) is 5.95. The molecule has 0 spiro atoms. The maximum absolute atomic E-state index is 13.0. The van der Waals surface area contributed by atoms with E-state index in [0.29, 0.717) is 40.2 Å². The van der Waals surface area contributed by atoms with E-state index in [9.17, 15) is 9.59 Å². The Labute approximate surface area is 172 Å². The topological polar surface area (TPSA) is 61.2 Å². The summed E-state index contributed by atoms with van der Waals surface area (Å²) >= 11 is 1.21. The van der Waals surface area contributed by atoms with Gasteiger partial charge in [-0.05, 0) is 23.6 Å². The molecule has 146 valence electrons. The van der Waals surface area contributed by atoms with Crippen molar-refractivity contribution >= 4 is 27.5 Å². The molecule has 0 bridgehead atoms. The molecule has 0 aliphatic carbocycles. The highest BCUT2D eigenvalue weighted by atomic mass is 32.1. The molecule has 0 N–H and O–H groups in total. The van der Waals surface area contributed by atoms with Gasteiger partial charge in [-0.3, -0.25) is 9.36 Å². The van der Waals surface area contributed by atoms with Gasteiger partial charge in [0.25, 0.3) is 5.56 Å². The number of benzene rings is 2. The van der Waals surface area contributed by atoms with Crippen molar-refractivity contribution < 1.29 is 9.53 Å². The lowest BCUT2D eigenvalue weighted by Crippen LogP contribution is -2.21. The number of hydrogen-bond acceptors (Lipinski definition) is 5. The number of carbonyl (C=O) groups is 1. The van der Waals surface area contributed by atoms with E-state index in [2.05, 4.69) is 4.98 Å². The smallest absolute Gasteiger partial charge is 0.348 e. The normalized spacial score (nSPS) is 10.9. The maximum Gasteiger partial charge on any atom is 0.348 e. The van der Waals surface area contributed by atoms with Gasteiger partial charge in [-0.2, -0.15) is 0 Å². The number of fused-ring (bicyclic) bond motifs is 1. The van der Waals surface area contributed by atoms with E-state index in [4.69, 9.17) is 4.74 Å². The molecule has 0 aliphatic rings. The quantitative estimate of drug-likeness (QED) is 0.452. The van der Waals surface area contributed by atoms with Crippen molar-refractivity contribution in [2.75, 3.05) is 6.61 Å². The van der Waals surface area contributed by atoms with E-state index < -0.39 is 5.97 Å². The lowest BCUT2D eigenvalue weighted by atomic mass is 10.2. The van der Waals surface area contributed by atoms with Crippen LogP contribution in [0, 0.1) is 6.92 Å². The molecule has 0 atom stereocenters. The SMILES string of the molecule is Cc1c(C(=O)OCCc2ccccc2)sc2ncn(Cc3ccccc3)c(=O)c12. The van der Waals surface area contributed by atoms with E-state index in [0.717, 1.165) is 11.1 Å². The predicted molar refractivity (Wildman–Crippen MR) is 115 cm³/mol. The molecule has 0 aliphatic heterocycles. The molecule has 0 fully saturated rings. The molecule has 6 heteroatoms. The lowest BCUT2D eigenvalue weighted by molar-refractivity contribution is 0.0514. The van der Waals surface area contributed by atoms with Gasteiger partial charge in [-0.1, -0.05) is 60.7 Å². The van der Waals surface area contributed by atoms with Crippen LogP contribution in [0.1, 0.15) is 26.4 Å². The van der Waals surface area contributed by atoms with Crippen LogP contribution in [0.25, 0.3) is 10.2 Å². The Morgan fingerprint density at radius 2 is 1.69 bits per heavy atom. The summed E-state index contributed by atoms with van der Waals surface area (Å²) in [6.07, 6.45) is 2.19. The molecule has 29 heavy (non-hydrogen) atoms. The van der Waals surface area contributed by atoms with Crippen molar-refractivity contribution in [3.8, 4) is 0 Å². The van der Waals surface area contributed by atoms with Crippen LogP contribution in [-0.4, -0.2) is 22.1 Å². The summed E-state index contributed by atoms with van der Waals surface area (Å²) in [6.45, 7) is 2.51. The van der Waals surface area contributed by atoms with Crippen LogP contribution in [0.3, 0.4) is 0 Å². The molecular weight excluding hydrogens is 384 g/mol. The molecule has 0 unspecified atom stereocenters. The van der Waals surface area contributed by atoms with Crippen LogP contribution < -0.4 is 5.56 Å². The van der Waals surface area contributed by atoms with Gasteiger partial charge in [-0.25, -0.2) is 9.78 Å². The molecule has 4 aromatic rings. The minimum Gasteiger partial charge on any atom is -0.461 e. The molecule has 2 aromatic heterocycles. The van der Waals surface area contributed by atoms with Crippen molar-refractivity contribution in [2.45, 2.75) is 19.9 Å². The number of thiophene rings is 1. The van der Waals surface area contributed by atoms with E-state index in [1.54, 1.807) is 11.5 Å². The molecule has 4 rings (SSSR count). The highest BCUT2D eigenvalue weighted by Gasteiger charge is 2.20. The number of aromatic nitrogens is 2. The van der Waals surface area contributed by atoms with Gasteiger partial charge in [0.1, 0.15) is 9.71 Å². The molecular formula is C23H20N2O3S. The van der Waals surface area contributed by atoms with Gasteiger partial charge in [0.05, 0.1) is 24.9 Å². The number of rotatable bonds is 6. The Bertz CT molecular complexity index is 1200. The zero-order valence-electron chi connectivity index (χ0n) is 16.0. The van der Waals surface area contributed by atoms with Crippen molar-refractivity contribution in [1.29, 1.82) is 0 Å². The van der Waals surface area contributed by atoms with Crippen LogP contribution in [-0.2, 0) is 17.7 Å². The van der Waals surface area contributed by atoms with Gasteiger partial charge >= 0.3 is 5.97 Å². The Hall–Kier alpha value is -3.25. The van der Waals surface area contributed by atoms with Crippen molar-refractivity contribution in [3.63, 3.8) is 0 Å². The average molecular weight is 404 g/mol. The number of nitrogens with zero attached hydrogens (tertiary/aromatic N) is 2. The van der Waals surface area contributed by atoms with E-state index >= 15 is 0 Å². The number of hydrogen-bond donors (Lipinski definition) is 0. The van der Waals surface area contributed by atoms with Crippen molar-refractivity contribution in [1.82, 2.24) is 9.55 Å². The second-order valence-corrected chi connectivity index (χ2v) is 7.77. The van der Waals surface area contributed by atoms with Gasteiger partial charge in [0.15, 0.2) is 0 Å². The number of aryl methyl sites for hydroxylation is 1. The van der Waals surface area contributed by atoms with Crippen molar-refractivity contribution in [2.24, 2.45) is 0 Å². The zero-order valence-corrected chi connectivity index (χ0v) is 16.8. The van der Waals surface area contributed by atoms with Crippen LogP contribution >= 0.6 is 11.3 Å². The lowest BCUT2D eigenvalue weighted by Gasteiger charge is -2.05. The summed E-state index contributed by atoms with van der Waals surface area (Å²) in [7, 11) is 0. The third-order valence-electron chi connectivity index (χ3n) is 4.77. The van der Waals surface area contributed by atoms with Gasteiger partial charge in [-0.15, -0.1) is 11.3 Å². The Morgan fingerprint density at radius 3 is 2.38 bits per heavy atom. The molecule has 2 heterocycles. The minimum atomic E-state index is -0.407. The van der Waals surface area contributed by atoms with Crippen LogP contribution in [0.4, 0.5) is 0 Å². The Morgan fingerprint density at radius 1 is 1.03 bits per heavy atom. The Kier molecular flexibility index (Phi) is 5.53. The highest BCUT2D eigenvalue weighted by Crippen LogP contribution is 2.27. The fourth-order valence-corrected chi connectivity index (χ4v) is 4.25. The minimum absolute atomic E-state index is 0.143. The van der Waals surface area contributed by atoms with Gasteiger partial charge in [0.2, 0.25) is 0 Å². The molecule has 2 aromatic carbocycles. The third kappa shape index (κ3) is 4.12. The van der Waals surface area contributed by atoms with E-state index in [1.807, 2.05) is 60.7 Å². The van der Waals surface area contributed by atoms with Crippen molar-refractivity contribution in [3.05, 3.63) is 98.9 Å². The summed E-state index contributed by atoms with van der Waals surface area (Å²) in [5.41, 5.74) is 2.62. The first-order valence-corrected chi connectivity index (χ1v) is 10.2. The first-order valence-electron chi connectivity index (χ1n) is 9.37. The summed E-state index contributed by atoms with van der Waals surface area (Å²) in [5.74, 6) is -0.407. The highest BCUT2D eigenvalue weighted by molar-refractivity contribution is 7.20.